The Bertz CT molecular complexity index is 562. The number of rotatable bonds is 4. The number of hydrogen-bond acceptors (Lipinski definition) is 2. The van der Waals surface area contributed by atoms with Crippen molar-refractivity contribution in [2.24, 2.45) is 0 Å². The van der Waals surface area contributed by atoms with Crippen molar-refractivity contribution >= 4 is 17.1 Å². The van der Waals surface area contributed by atoms with Gasteiger partial charge in [0, 0.05) is 18.4 Å². The van der Waals surface area contributed by atoms with Crippen LogP contribution < -0.4 is 0 Å². The number of benzene rings is 1. The lowest BCUT2D eigenvalue weighted by atomic mass is 10.0. The monoisotopic (exact) mass is 254 g/mol. The van der Waals surface area contributed by atoms with Crippen LogP contribution in [0.4, 0.5) is 0 Å². The molecular formula is C17H18O2. The number of Topliss-reactive ketones (excluding diaryl/α,β-unsaturated/α-hetero) is 2. The Kier molecular flexibility index (Phi) is 4.10. The SMILES string of the molecule is CC(=O)CC/C=C1/CC(=O)C(c2ccccc2)=C1C. The first-order chi connectivity index (χ1) is 9.09. The zero-order valence-electron chi connectivity index (χ0n) is 11.4. The molecule has 0 aliphatic heterocycles. The van der Waals surface area contributed by atoms with Gasteiger partial charge in [-0.1, -0.05) is 36.4 Å². The Morgan fingerprint density at radius 3 is 2.58 bits per heavy atom. The molecule has 0 spiro atoms. The molecule has 98 valence electrons. The minimum absolute atomic E-state index is 0.178. The molecule has 0 saturated heterocycles. The summed E-state index contributed by atoms with van der Waals surface area (Å²) in [5.74, 6) is 0.365. The molecule has 1 aliphatic rings. The molecule has 0 aromatic heterocycles. The van der Waals surface area contributed by atoms with Gasteiger partial charge in [0.05, 0.1) is 0 Å². The fourth-order valence-electron chi connectivity index (χ4n) is 2.42. The van der Waals surface area contributed by atoms with Crippen LogP contribution in [0.25, 0.3) is 5.57 Å². The third-order valence-corrected chi connectivity index (χ3v) is 3.44. The van der Waals surface area contributed by atoms with Gasteiger partial charge in [-0.3, -0.25) is 4.79 Å². The summed E-state index contributed by atoms with van der Waals surface area (Å²) in [6.45, 7) is 3.59. The van der Waals surface area contributed by atoms with E-state index in [2.05, 4.69) is 0 Å². The topological polar surface area (TPSA) is 34.1 Å². The van der Waals surface area contributed by atoms with E-state index in [0.29, 0.717) is 12.8 Å². The lowest BCUT2D eigenvalue weighted by molar-refractivity contribution is -0.117. The third kappa shape index (κ3) is 3.08. The van der Waals surface area contributed by atoms with Crippen LogP contribution in [-0.2, 0) is 9.59 Å². The molecule has 2 nitrogen and oxygen atoms in total. The van der Waals surface area contributed by atoms with Crippen LogP contribution in [0.1, 0.15) is 38.7 Å². The maximum absolute atomic E-state index is 12.1. The van der Waals surface area contributed by atoms with Gasteiger partial charge in [0.25, 0.3) is 0 Å². The summed E-state index contributed by atoms with van der Waals surface area (Å²) in [4.78, 5) is 23.1. The molecule has 0 radical (unpaired) electrons. The maximum atomic E-state index is 12.1. The zero-order valence-corrected chi connectivity index (χ0v) is 11.4. The van der Waals surface area contributed by atoms with E-state index in [0.717, 1.165) is 28.7 Å². The van der Waals surface area contributed by atoms with Gasteiger partial charge in [0.1, 0.15) is 5.78 Å². The number of ketones is 2. The molecule has 2 rings (SSSR count). The predicted octanol–water partition coefficient (Wildman–Crippen LogP) is 3.73. The van der Waals surface area contributed by atoms with Crippen molar-refractivity contribution in [3.05, 3.63) is 53.1 Å². The first kappa shape index (κ1) is 13.5. The van der Waals surface area contributed by atoms with E-state index >= 15 is 0 Å². The van der Waals surface area contributed by atoms with Gasteiger partial charge in [-0.2, -0.15) is 0 Å². The van der Waals surface area contributed by atoms with Crippen LogP contribution in [0.5, 0.6) is 0 Å². The van der Waals surface area contributed by atoms with Crippen LogP contribution in [0.2, 0.25) is 0 Å². The third-order valence-electron chi connectivity index (χ3n) is 3.44. The van der Waals surface area contributed by atoms with E-state index in [1.54, 1.807) is 6.92 Å². The highest BCUT2D eigenvalue weighted by atomic mass is 16.1. The summed E-state index contributed by atoms with van der Waals surface area (Å²) in [6.07, 6.45) is 3.77. The van der Waals surface area contributed by atoms with E-state index in [4.69, 9.17) is 0 Å². The molecule has 0 unspecified atom stereocenters. The van der Waals surface area contributed by atoms with Crippen molar-refractivity contribution in [2.45, 2.75) is 33.1 Å². The molecule has 19 heavy (non-hydrogen) atoms. The normalized spacial score (nSPS) is 17.4. The minimum atomic E-state index is 0.178. The van der Waals surface area contributed by atoms with E-state index in [-0.39, 0.29) is 11.6 Å². The van der Waals surface area contributed by atoms with Crippen molar-refractivity contribution in [2.75, 3.05) is 0 Å². The first-order valence-corrected chi connectivity index (χ1v) is 6.58. The molecule has 1 aliphatic carbocycles. The molecule has 0 saturated carbocycles. The molecule has 2 heteroatoms. The second kappa shape index (κ2) is 5.79. The van der Waals surface area contributed by atoms with Crippen molar-refractivity contribution in [1.82, 2.24) is 0 Å². The summed E-state index contributed by atoms with van der Waals surface area (Å²) in [6, 6.07) is 9.77. The van der Waals surface area contributed by atoms with Gasteiger partial charge >= 0.3 is 0 Å². The summed E-state index contributed by atoms with van der Waals surface area (Å²) in [5.41, 5.74) is 3.94. The fourth-order valence-corrected chi connectivity index (χ4v) is 2.42. The van der Waals surface area contributed by atoms with Crippen LogP contribution in [-0.4, -0.2) is 11.6 Å². The summed E-state index contributed by atoms with van der Waals surface area (Å²) < 4.78 is 0. The van der Waals surface area contributed by atoms with E-state index in [1.807, 2.05) is 43.3 Å². The van der Waals surface area contributed by atoms with Gasteiger partial charge < -0.3 is 4.79 Å². The average molecular weight is 254 g/mol. The van der Waals surface area contributed by atoms with Crippen molar-refractivity contribution in [3.8, 4) is 0 Å². The Morgan fingerprint density at radius 2 is 1.95 bits per heavy atom. The summed E-state index contributed by atoms with van der Waals surface area (Å²) >= 11 is 0. The minimum Gasteiger partial charge on any atom is -0.300 e. The lowest BCUT2D eigenvalue weighted by Gasteiger charge is -2.02. The second-order valence-electron chi connectivity index (χ2n) is 4.94. The Balaban J connectivity index is 2.26. The molecule has 1 aromatic carbocycles. The number of allylic oxidation sites excluding steroid dienone is 4. The highest BCUT2D eigenvalue weighted by molar-refractivity contribution is 6.26. The summed E-state index contributed by atoms with van der Waals surface area (Å²) in [7, 11) is 0. The largest absolute Gasteiger partial charge is 0.300 e. The van der Waals surface area contributed by atoms with Crippen molar-refractivity contribution in [1.29, 1.82) is 0 Å². The molecule has 0 N–H and O–H groups in total. The van der Waals surface area contributed by atoms with Crippen LogP contribution in [0.3, 0.4) is 0 Å². The Hall–Kier alpha value is -1.96. The molecule has 0 amide bonds. The Morgan fingerprint density at radius 1 is 1.26 bits per heavy atom. The van der Waals surface area contributed by atoms with E-state index in [1.165, 1.54) is 0 Å². The van der Waals surface area contributed by atoms with Crippen LogP contribution in [0, 0.1) is 0 Å². The number of carbonyl (C=O) groups is 2. The molecule has 0 bridgehead atoms. The Labute approximate surface area is 113 Å². The number of carbonyl (C=O) groups excluding carboxylic acids is 2. The van der Waals surface area contributed by atoms with Crippen molar-refractivity contribution in [3.63, 3.8) is 0 Å². The van der Waals surface area contributed by atoms with Crippen LogP contribution >= 0.6 is 0 Å². The predicted molar refractivity (Wildman–Crippen MR) is 76.7 cm³/mol. The zero-order chi connectivity index (χ0) is 13.8. The van der Waals surface area contributed by atoms with E-state index in [9.17, 15) is 9.59 Å². The standard InChI is InChI=1S/C17H18O2/c1-12(18)7-6-10-15-11-16(19)17(13(15)2)14-8-4-3-5-9-14/h3-5,8-10H,6-7,11H2,1-2H3/b15-10-. The molecule has 0 fully saturated rings. The lowest BCUT2D eigenvalue weighted by Crippen LogP contribution is -1.95. The van der Waals surface area contributed by atoms with Crippen molar-refractivity contribution < 1.29 is 9.59 Å². The fraction of sp³-hybridized carbons (Fsp3) is 0.294. The average Bonchev–Trinajstić information content (AvgIpc) is 2.65. The van der Waals surface area contributed by atoms with Gasteiger partial charge in [0.15, 0.2) is 5.78 Å². The molecule has 0 atom stereocenters. The quantitative estimate of drug-likeness (QED) is 0.820. The maximum Gasteiger partial charge on any atom is 0.168 e. The van der Waals surface area contributed by atoms with Gasteiger partial charge in [-0.25, -0.2) is 0 Å². The first-order valence-electron chi connectivity index (χ1n) is 6.58. The smallest absolute Gasteiger partial charge is 0.168 e. The molecule has 1 aromatic rings. The second-order valence-corrected chi connectivity index (χ2v) is 4.94. The molecule has 0 heterocycles. The number of hydrogen-bond donors (Lipinski definition) is 0. The van der Waals surface area contributed by atoms with Gasteiger partial charge in [0.2, 0.25) is 0 Å². The highest BCUT2D eigenvalue weighted by Crippen LogP contribution is 2.34. The molecular weight excluding hydrogens is 236 g/mol. The van der Waals surface area contributed by atoms with E-state index < -0.39 is 0 Å². The summed E-state index contributed by atoms with van der Waals surface area (Å²) in [5, 5.41) is 0. The van der Waals surface area contributed by atoms with Crippen LogP contribution in [0.15, 0.2) is 47.6 Å². The van der Waals surface area contributed by atoms with Gasteiger partial charge in [-0.15, -0.1) is 0 Å². The highest BCUT2D eigenvalue weighted by Gasteiger charge is 2.25. The van der Waals surface area contributed by atoms with Gasteiger partial charge in [-0.05, 0) is 37.0 Å².